The summed E-state index contributed by atoms with van der Waals surface area (Å²) in [7, 11) is 1.78. The Morgan fingerprint density at radius 1 is 1.56 bits per heavy atom. The lowest BCUT2D eigenvalue weighted by Gasteiger charge is -2.36. The van der Waals surface area contributed by atoms with Crippen molar-refractivity contribution in [2.24, 2.45) is 5.73 Å². The number of rotatable bonds is 4. The van der Waals surface area contributed by atoms with Crippen LogP contribution in [-0.2, 0) is 0 Å². The van der Waals surface area contributed by atoms with Crippen LogP contribution in [0.3, 0.4) is 0 Å². The van der Waals surface area contributed by atoms with Crippen molar-refractivity contribution >= 4 is 17.3 Å². The fraction of sp³-hybridized carbons (Fsp3) is 0.364. The molecule has 7 nitrogen and oxygen atoms in total. The van der Waals surface area contributed by atoms with Gasteiger partial charge in [0.25, 0.3) is 5.69 Å². The van der Waals surface area contributed by atoms with Gasteiger partial charge in [-0.2, -0.15) is 0 Å². The van der Waals surface area contributed by atoms with Crippen LogP contribution >= 0.6 is 0 Å². The average Bonchev–Trinajstić information content (AvgIpc) is 2.25. The Morgan fingerprint density at radius 3 is 2.67 bits per heavy atom. The highest BCUT2D eigenvalue weighted by atomic mass is 16.6. The number of hydrogen-bond donors (Lipinski definition) is 2. The van der Waals surface area contributed by atoms with Crippen molar-refractivity contribution in [1.29, 1.82) is 0 Å². The van der Waals surface area contributed by atoms with Crippen molar-refractivity contribution in [2.75, 3.05) is 25.0 Å². The van der Waals surface area contributed by atoms with Gasteiger partial charge in [-0.15, -0.1) is 0 Å². The molecule has 0 aromatic heterocycles. The second-order valence-corrected chi connectivity index (χ2v) is 4.25. The third kappa shape index (κ3) is 2.12. The number of carbonyl (C=O) groups excluding carboxylic acids is 1. The minimum absolute atomic E-state index is 0.0191. The smallest absolute Gasteiger partial charge is 0.292 e. The Kier molecular flexibility index (Phi) is 3.15. The number of amides is 1. The molecule has 0 saturated carbocycles. The van der Waals surface area contributed by atoms with Gasteiger partial charge < -0.3 is 16.0 Å². The third-order valence-corrected chi connectivity index (χ3v) is 3.14. The molecule has 1 aromatic carbocycles. The van der Waals surface area contributed by atoms with E-state index in [1.165, 1.54) is 18.2 Å². The second kappa shape index (κ2) is 4.61. The molecule has 1 aliphatic heterocycles. The van der Waals surface area contributed by atoms with Gasteiger partial charge in [-0.3, -0.25) is 14.9 Å². The summed E-state index contributed by atoms with van der Waals surface area (Å²) in [6.45, 7) is 1.54. The third-order valence-electron chi connectivity index (χ3n) is 3.14. The number of carbonyl (C=O) groups is 1. The molecule has 1 fully saturated rings. The lowest BCUT2D eigenvalue weighted by molar-refractivity contribution is -0.384. The Balaban J connectivity index is 2.42. The Labute approximate surface area is 104 Å². The second-order valence-electron chi connectivity index (χ2n) is 4.25. The number of likely N-dealkylation sites (N-methyl/N-ethyl adjacent to an activating group) is 1. The van der Waals surface area contributed by atoms with E-state index in [2.05, 4.69) is 5.32 Å². The van der Waals surface area contributed by atoms with E-state index in [-0.39, 0.29) is 17.3 Å². The first-order valence-electron chi connectivity index (χ1n) is 5.52. The lowest BCUT2D eigenvalue weighted by Crippen LogP contribution is -2.56. The molecule has 0 aliphatic carbocycles. The number of nitro groups is 1. The van der Waals surface area contributed by atoms with E-state index < -0.39 is 10.8 Å². The van der Waals surface area contributed by atoms with E-state index in [1.54, 1.807) is 11.9 Å². The van der Waals surface area contributed by atoms with Crippen molar-refractivity contribution in [3.8, 4) is 0 Å². The number of nitrogens with zero attached hydrogens (tertiary/aromatic N) is 2. The van der Waals surface area contributed by atoms with Crippen molar-refractivity contribution in [2.45, 2.75) is 6.04 Å². The molecule has 3 N–H and O–H groups in total. The molecule has 1 saturated heterocycles. The van der Waals surface area contributed by atoms with E-state index in [9.17, 15) is 14.9 Å². The summed E-state index contributed by atoms with van der Waals surface area (Å²) in [4.78, 5) is 23.5. The molecule has 0 bridgehead atoms. The first kappa shape index (κ1) is 12.3. The summed E-state index contributed by atoms with van der Waals surface area (Å²) in [6.07, 6.45) is 0. The zero-order valence-electron chi connectivity index (χ0n) is 9.92. The van der Waals surface area contributed by atoms with E-state index in [0.717, 1.165) is 13.1 Å². The van der Waals surface area contributed by atoms with Crippen LogP contribution in [0, 0.1) is 10.1 Å². The molecule has 96 valence electrons. The van der Waals surface area contributed by atoms with Gasteiger partial charge in [-0.25, -0.2) is 0 Å². The maximum atomic E-state index is 11.1. The van der Waals surface area contributed by atoms with Gasteiger partial charge in [0.2, 0.25) is 5.91 Å². The normalized spacial score (nSPS) is 14.9. The SMILES string of the molecule is CN(c1cc(C(N)=O)ccc1[N+](=O)[O-])C1CNC1. The predicted molar refractivity (Wildman–Crippen MR) is 66.7 cm³/mol. The number of nitro benzene ring substituents is 1. The standard InChI is InChI=1S/C11H14N4O3/c1-14(8-5-13-6-8)10-4-7(11(12)16)2-3-9(10)15(17)18/h2-4,8,13H,5-6H2,1H3,(H2,12,16). The van der Waals surface area contributed by atoms with Gasteiger partial charge in [0.05, 0.1) is 11.0 Å². The highest BCUT2D eigenvalue weighted by Gasteiger charge is 2.27. The summed E-state index contributed by atoms with van der Waals surface area (Å²) < 4.78 is 0. The quantitative estimate of drug-likeness (QED) is 0.583. The van der Waals surface area contributed by atoms with E-state index >= 15 is 0 Å². The minimum atomic E-state index is -0.591. The van der Waals surface area contributed by atoms with Gasteiger partial charge in [0.1, 0.15) is 5.69 Å². The van der Waals surface area contributed by atoms with Gasteiger partial charge >= 0.3 is 0 Å². The zero-order chi connectivity index (χ0) is 13.3. The topological polar surface area (TPSA) is 102 Å². The fourth-order valence-corrected chi connectivity index (χ4v) is 1.86. The van der Waals surface area contributed by atoms with Gasteiger partial charge in [0.15, 0.2) is 0 Å². The van der Waals surface area contributed by atoms with Gasteiger partial charge in [-0.1, -0.05) is 0 Å². The zero-order valence-corrected chi connectivity index (χ0v) is 9.92. The number of hydrogen-bond acceptors (Lipinski definition) is 5. The summed E-state index contributed by atoms with van der Waals surface area (Å²) in [6, 6.07) is 4.36. The van der Waals surface area contributed by atoms with Crippen molar-refractivity contribution < 1.29 is 9.72 Å². The van der Waals surface area contributed by atoms with Crippen molar-refractivity contribution in [1.82, 2.24) is 5.32 Å². The van der Waals surface area contributed by atoms with Gasteiger partial charge in [0, 0.05) is 31.8 Å². The molecule has 1 heterocycles. The Bertz CT molecular complexity index is 499. The van der Waals surface area contributed by atoms with E-state index in [4.69, 9.17) is 5.73 Å². The van der Waals surface area contributed by atoms with Crippen LogP contribution in [0.5, 0.6) is 0 Å². The van der Waals surface area contributed by atoms with Crippen LogP contribution < -0.4 is 16.0 Å². The first-order valence-corrected chi connectivity index (χ1v) is 5.52. The maximum Gasteiger partial charge on any atom is 0.292 e. The van der Waals surface area contributed by atoms with Crippen LogP contribution in [-0.4, -0.2) is 37.0 Å². The maximum absolute atomic E-state index is 11.1. The van der Waals surface area contributed by atoms with Gasteiger partial charge in [-0.05, 0) is 12.1 Å². The number of nitrogens with one attached hydrogen (secondary N) is 1. The lowest BCUT2D eigenvalue weighted by atomic mass is 10.1. The van der Waals surface area contributed by atoms with Crippen LogP contribution in [0.2, 0.25) is 0 Å². The molecule has 0 radical (unpaired) electrons. The molecule has 1 amide bonds. The molecule has 7 heteroatoms. The number of primary amides is 1. The number of nitrogens with two attached hydrogens (primary N) is 1. The monoisotopic (exact) mass is 250 g/mol. The molecule has 2 rings (SSSR count). The van der Waals surface area contributed by atoms with Crippen LogP contribution in [0.4, 0.5) is 11.4 Å². The Hall–Kier alpha value is -2.15. The highest BCUT2D eigenvalue weighted by molar-refractivity contribution is 5.94. The number of benzene rings is 1. The fourth-order valence-electron chi connectivity index (χ4n) is 1.86. The van der Waals surface area contributed by atoms with Crippen LogP contribution in [0.25, 0.3) is 0 Å². The van der Waals surface area contributed by atoms with Crippen LogP contribution in [0.1, 0.15) is 10.4 Å². The van der Waals surface area contributed by atoms with Crippen LogP contribution in [0.15, 0.2) is 18.2 Å². The molecule has 0 spiro atoms. The molecular formula is C11H14N4O3. The number of anilines is 1. The highest BCUT2D eigenvalue weighted by Crippen LogP contribution is 2.30. The molecule has 18 heavy (non-hydrogen) atoms. The predicted octanol–water partition coefficient (Wildman–Crippen LogP) is 0.102. The first-order chi connectivity index (χ1) is 8.50. The summed E-state index contributed by atoms with van der Waals surface area (Å²) in [5.74, 6) is -0.591. The summed E-state index contributed by atoms with van der Waals surface area (Å²) >= 11 is 0. The summed E-state index contributed by atoms with van der Waals surface area (Å²) in [5.41, 5.74) is 5.86. The molecule has 0 unspecified atom stereocenters. The van der Waals surface area contributed by atoms with Crippen molar-refractivity contribution in [3.05, 3.63) is 33.9 Å². The molecular weight excluding hydrogens is 236 g/mol. The Morgan fingerprint density at radius 2 is 2.22 bits per heavy atom. The average molecular weight is 250 g/mol. The molecule has 0 atom stereocenters. The summed E-state index contributed by atoms with van der Waals surface area (Å²) in [5, 5.41) is 14.1. The van der Waals surface area contributed by atoms with E-state index in [1.807, 2.05) is 0 Å². The minimum Gasteiger partial charge on any atom is -0.366 e. The largest absolute Gasteiger partial charge is 0.366 e. The molecule has 1 aliphatic rings. The van der Waals surface area contributed by atoms with Crippen molar-refractivity contribution in [3.63, 3.8) is 0 Å². The molecule has 1 aromatic rings. The van der Waals surface area contributed by atoms with E-state index in [0.29, 0.717) is 5.69 Å².